The molecule has 3 aliphatic rings. The van der Waals surface area contributed by atoms with E-state index in [0.29, 0.717) is 34.3 Å². The van der Waals surface area contributed by atoms with Gasteiger partial charge in [-0.2, -0.15) is 0 Å². The highest BCUT2D eigenvalue weighted by Crippen LogP contribution is 2.53. The summed E-state index contributed by atoms with van der Waals surface area (Å²) in [6, 6.07) is 40.6. The summed E-state index contributed by atoms with van der Waals surface area (Å²) in [5, 5.41) is 57.3. The third-order valence-electron chi connectivity index (χ3n) is 8.95. The molecular formula is C44H30O10S2. The second-order valence-corrected chi connectivity index (χ2v) is 14.7. The van der Waals surface area contributed by atoms with Gasteiger partial charge in [0.1, 0.15) is 28.7 Å². The summed E-state index contributed by atoms with van der Waals surface area (Å²) in [7, 11) is 0. The SMILES string of the molecule is O=C1OC(c2ccc(O)cc2)(c2ccc(O)cc2)c2ccccc21.Oc1ccc2c(c1)Oc1cccc(O)c1O2.Oc1ccc2c(c1)Sc1cccc(O)c1S2. The van der Waals surface area contributed by atoms with Gasteiger partial charge in [-0.3, -0.25) is 0 Å². The molecule has 6 N–H and O–H groups in total. The van der Waals surface area contributed by atoms with E-state index < -0.39 is 11.6 Å². The van der Waals surface area contributed by atoms with E-state index in [1.165, 1.54) is 30.0 Å². The van der Waals surface area contributed by atoms with Crippen LogP contribution in [0, 0.1) is 0 Å². The molecule has 3 heterocycles. The molecule has 12 heteroatoms. The highest BCUT2D eigenvalue weighted by atomic mass is 32.2. The quantitative estimate of drug-likeness (QED) is 0.0921. The Kier molecular flexibility index (Phi) is 9.50. The van der Waals surface area contributed by atoms with Crippen LogP contribution >= 0.6 is 23.5 Å². The number of esters is 1. The molecule has 0 aliphatic carbocycles. The first kappa shape index (κ1) is 36.1. The molecule has 0 unspecified atom stereocenters. The zero-order chi connectivity index (χ0) is 39.0. The zero-order valence-electron chi connectivity index (χ0n) is 29.0. The lowest BCUT2D eigenvalue weighted by Gasteiger charge is -2.30. The number of carbonyl (C=O) groups is 1. The number of para-hydroxylation sites is 1. The number of phenolic OH excluding ortho intramolecular Hbond substituents is 6. The average Bonchev–Trinajstić information content (AvgIpc) is 3.50. The van der Waals surface area contributed by atoms with E-state index in [2.05, 4.69) is 0 Å². The summed E-state index contributed by atoms with van der Waals surface area (Å²) in [5.74, 6) is 2.20. The monoisotopic (exact) mass is 782 g/mol. The van der Waals surface area contributed by atoms with Crippen molar-refractivity contribution >= 4 is 29.5 Å². The summed E-state index contributed by atoms with van der Waals surface area (Å²) in [5.41, 5.74) is 1.60. The van der Waals surface area contributed by atoms with Crippen LogP contribution < -0.4 is 9.47 Å². The highest BCUT2D eigenvalue weighted by molar-refractivity contribution is 8.05. The number of rotatable bonds is 2. The number of hydrogen-bond donors (Lipinski definition) is 6. The molecule has 56 heavy (non-hydrogen) atoms. The van der Waals surface area contributed by atoms with E-state index in [0.717, 1.165) is 36.3 Å². The van der Waals surface area contributed by atoms with Crippen molar-refractivity contribution in [2.45, 2.75) is 25.2 Å². The molecular weight excluding hydrogens is 753 g/mol. The molecule has 0 aromatic heterocycles. The second kappa shape index (κ2) is 14.7. The van der Waals surface area contributed by atoms with E-state index in [4.69, 9.17) is 14.2 Å². The van der Waals surface area contributed by atoms with E-state index in [-0.39, 0.29) is 28.7 Å². The third kappa shape index (κ3) is 6.83. The molecule has 0 saturated carbocycles. The van der Waals surface area contributed by atoms with Crippen molar-refractivity contribution in [1.29, 1.82) is 0 Å². The largest absolute Gasteiger partial charge is 0.508 e. The molecule has 0 fully saturated rings. The first-order valence-corrected chi connectivity index (χ1v) is 18.7. The van der Waals surface area contributed by atoms with Gasteiger partial charge in [-0.1, -0.05) is 78.1 Å². The first-order chi connectivity index (χ1) is 27.1. The van der Waals surface area contributed by atoms with Crippen molar-refractivity contribution in [3.63, 3.8) is 0 Å². The van der Waals surface area contributed by atoms with Crippen LogP contribution in [0.4, 0.5) is 0 Å². The van der Waals surface area contributed by atoms with Gasteiger partial charge in [-0.25, -0.2) is 4.79 Å². The lowest BCUT2D eigenvalue weighted by Crippen LogP contribution is -2.29. The van der Waals surface area contributed by atoms with Crippen molar-refractivity contribution in [1.82, 2.24) is 0 Å². The minimum absolute atomic E-state index is 0.0243. The van der Waals surface area contributed by atoms with Crippen molar-refractivity contribution < 1.29 is 49.6 Å². The number of cyclic esters (lactones) is 1. The predicted molar refractivity (Wildman–Crippen MR) is 209 cm³/mol. The van der Waals surface area contributed by atoms with Gasteiger partial charge in [0.05, 0.1) is 10.5 Å². The topological polar surface area (TPSA) is 166 Å². The van der Waals surface area contributed by atoms with Crippen LogP contribution in [0.2, 0.25) is 0 Å². The van der Waals surface area contributed by atoms with Gasteiger partial charge in [0.2, 0.25) is 5.75 Å². The fourth-order valence-electron chi connectivity index (χ4n) is 6.36. The fraction of sp³-hybridized carbons (Fsp3) is 0.0227. The number of hydrogen-bond acceptors (Lipinski definition) is 12. The Bertz CT molecular complexity index is 2460. The van der Waals surface area contributed by atoms with Gasteiger partial charge in [-0.15, -0.1) is 0 Å². The van der Waals surface area contributed by atoms with Crippen molar-refractivity contribution in [2.75, 3.05) is 0 Å². The molecule has 0 amide bonds. The maximum absolute atomic E-state index is 12.4. The summed E-state index contributed by atoms with van der Waals surface area (Å²) < 4.78 is 16.8. The number of fused-ring (bicyclic) bond motifs is 5. The van der Waals surface area contributed by atoms with Gasteiger partial charge in [0.15, 0.2) is 28.6 Å². The molecule has 0 radical (unpaired) electrons. The van der Waals surface area contributed by atoms with Gasteiger partial charge >= 0.3 is 5.97 Å². The first-order valence-electron chi connectivity index (χ1n) is 17.0. The second-order valence-electron chi connectivity index (χ2n) is 12.6. The average molecular weight is 783 g/mol. The summed E-state index contributed by atoms with van der Waals surface area (Å²) in [6.07, 6.45) is 0. The van der Waals surface area contributed by atoms with Crippen LogP contribution in [0.15, 0.2) is 165 Å². The van der Waals surface area contributed by atoms with Crippen molar-refractivity contribution in [2.24, 2.45) is 0 Å². The minimum atomic E-state index is -1.10. The Balaban J connectivity index is 0.000000122. The molecule has 0 spiro atoms. The van der Waals surface area contributed by atoms with Crippen LogP contribution in [-0.4, -0.2) is 36.6 Å². The Hall–Kier alpha value is -6.89. The third-order valence-corrected chi connectivity index (χ3v) is 11.5. The van der Waals surface area contributed by atoms with E-state index >= 15 is 0 Å². The minimum Gasteiger partial charge on any atom is -0.508 e. The zero-order valence-corrected chi connectivity index (χ0v) is 30.6. The molecule has 0 atom stereocenters. The fourth-order valence-corrected chi connectivity index (χ4v) is 8.64. The van der Waals surface area contributed by atoms with Crippen LogP contribution in [0.3, 0.4) is 0 Å². The molecule has 3 aliphatic heterocycles. The molecule has 7 aromatic carbocycles. The summed E-state index contributed by atoms with van der Waals surface area (Å²) >= 11 is 3.11. The highest BCUT2D eigenvalue weighted by Gasteiger charge is 2.48. The maximum atomic E-state index is 12.4. The van der Waals surface area contributed by atoms with Gasteiger partial charge in [0, 0.05) is 37.4 Å². The van der Waals surface area contributed by atoms with E-state index in [9.17, 15) is 35.4 Å². The number of benzene rings is 7. The molecule has 7 aromatic rings. The maximum Gasteiger partial charge on any atom is 0.340 e. The van der Waals surface area contributed by atoms with Gasteiger partial charge < -0.3 is 44.8 Å². The normalized spacial score (nSPS) is 13.5. The number of phenols is 6. The van der Waals surface area contributed by atoms with Gasteiger partial charge in [-0.05, 0) is 84.9 Å². The van der Waals surface area contributed by atoms with Gasteiger partial charge in [0.25, 0.3) is 0 Å². The predicted octanol–water partition coefficient (Wildman–Crippen LogP) is 10.3. The Morgan fingerprint density at radius 1 is 0.464 bits per heavy atom. The van der Waals surface area contributed by atoms with Crippen LogP contribution in [0.25, 0.3) is 0 Å². The Morgan fingerprint density at radius 3 is 1.82 bits per heavy atom. The van der Waals surface area contributed by atoms with Crippen LogP contribution in [-0.2, 0) is 10.3 Å². The lowest BCUT2D eigenvalue weighted by atomic mass is 9.80. The number of carbonyl (C=O) groups excluding carboxylic acids is 1. The summed E-state index contributed by atoms with van der Waals surface area (Å²) in [6.45, 7) is 0. The van der Waals surface area contributed by atoms with E-state index in [1.54, 1.807) is 109 Å². The standard InChI is InChI=1S/C20H14O4.C12H8O4.C12H8O2S2/c21-15-9-5-13(6-10-15)20(14-7-11-16(22)12-8-14)18-4-2-1-3-17(18)19(23)24-20;2*13-7-4-5-9-11(6-7)15-10-3-1-2-8(14)12(10)16-9/h1-12,21-22H;2*1-6,13-14H. The molecule has 10 rings (SSSR count). The summed E-state index contributed by atoms with van der Waals surface area (Å²) in [4.78, 5) is 16.5. The van der Waals surface area contributed by atoms with Crippen molar-refractivity contribution in [3.05, 3.63) is 168 Å². The molecule has 0 bridgehead atoms. The van der Waals surface area contributed by atoms with Crippen molar-refractivity contribution in [3.8, 4) is 57.5 Å². The van der Waals surface area contributed by atoms with Crippen LogP contribution in [0.5, 0.6) is 57.5 Å². The molecule has 0 saturated heterocycles. The van der Waals surface area contributed by atoms with E-state index in [1.807, 2.05) is 30.3 Å². The number of ether oxygens (including phenoxy) is 3. The molecule has 278 valence electrons. The smallest absolute Gasteiger partial charge is 0.340 e. The Labute approximate surface area is 328 Å². The Morgan fingerprint density at radius 2 is 1.09 bits per heavy atom. The molecule has 10 nitrogen and oxygen atoms in total. The van der Waals surface area contributed by atoms with Crippen LogP contribution in [0.1, 0.15) is 27.0 Å². The lowest BCUT2D eigenvalue weighted by molar-refractivity contribution is 0.0251. The number of aromatic hydroxyl groups is 6.